The molecular weight excluding hydrogens is 362 g/mol. The molecule has 0 bridgehead atoms. The number of likely N-dealkylation sites (tertiary alicyclic amines) is 1. The summed E-state index contributed by atoms with van der Waals surface area (Å²) in [4.78, 5) is 40.1. The van der Waals surface area contributed by atoms with Crippen molar-refractivity contribution < 1.29 is 24.6 Å². The van der Waals surface area contributed by atoms with Crippen molar-refractivity contribution in [3.8, 4) is 0 Å². The number of aliphatic carboxylic acids is 2. The molecule has 1 amide bonds. The van der Waals surface area contributed by atoms with E-state index in [-0.39, 0.29) is 18.4 Å². The number of nitrogens with zero attached hydrogens (tertiary/aromatic N) is 1. The van der Waals surface area contributed by atoms with E-state index in [0.29, 0.717) is 30.6 Å². The Morgan fingerprint density at radius 2 is 2.00 bits per heavy atom. The van der Waals surface area contributed by atoms with E-state index < -0.39 is 23.9 Å². The van der Waals surface area contributed by atoms with E-state index in [4.69, 9.17) is 0 Å². The predicted molar refractivity (Wildman–Crippen MR) is 104 cm³/mol. The van der Waals surface area contributed by atoms with Crippen LogP contribution in [0, 0.1) is 11.8 Å². The zero-order chi connectivity index (χ0) is 20.4. The van der Waals surface area contributed by atoms with E-state index in [2.05, 4.69) is 10.3 Å². The number of aromatic amines is 1. The highest BCUT2D eigenvalue weighted by Gasteiger charge is 2.35. The molecule has 0 radical (unpaired) electrons. The lowest BCUT2D eigenvalue weighted by Crippen LogP contribution is -2.43. The number of rotatable bonds is 6. The summed E-state index contributed by atoms with van der Waals surface area (Å²) in [6, 6.07) is 4.38. The topological polar surface area (TPSA) is 123 Å². The fraction of sp³-hybridized carbons (Fsp3) is 0.450. The minimum Gasteiger partial charge on any atom is -0.481 e. The minimum absolute atomic E-state index is 0.0948. The number of piperidine rings is 1. The monoisotopic (exact) mass is 387 g/mol. The first kappa shape index (κ1) is 19.9. The van der Waals surface area contributed by atoms with Crippen LogP contribution in [0.15, 0.2) is 24.4 Å². The molecule has 2 unspecified atom stereocenters. The molecule has 1 aliphatic rings. The highest BCUT2D eigenvalue weighted by Crippen LogP contribution is 2.33. The van der Waals surface area contributed by atoms with Gasteiger partial charge in [0.05, 0.1) is 5.92 Å². The van der Waals surface area contributed by atoms with Gasteiger partial charge >= 0.3 is 11.9 Å². The Morgan fingerprint density at radius 1 is 1.25 bits per heavy atom. The summed E-state index contributed by atoms with van der Waals surface area (Å²) >= 11 is 0. The highest BCUT2D eigenvalue weighted by molar-refractivity contribution is 5.96. The molecule has 4 N–H and O–H groups in total. The van der Waals surface area contributed by atoms with Gasteiger partial charge in [0.15, 0.2) is 0 Å². The van der Waals surface area contributed by atoms with Crippen molar-refractivity contribution in [2.45, 2.75) is 32.7 Å². The van der Waals surface area contributed by atoms with Gasteiger partial charge in [-0.15, -0.1) is 0 Å². The van der Waals surface area contributed by atoms with Crippen LogP contribution in [0.3, 0.4) is 0 Å². The van der Waals surface area contributed by atoms with Gasteiger partial charge in [-0.2, -0.15) is 0 Å². The lowest BCUT2D eigenvalue weighted by molar-refractivity contribution is -0.149. The van der Waals surface area contributed by atoms with Crippen molar-refractivity contribution >= 4 is 34.4 Å². The molecule has 1 aromatic heterocycles. The number of anilines is 1. The van der Waals surface area contributed by atoms with E-state index >= 15 is 0 Å². The fourth-order valence-electron chi connectivity index (χ4n) is 3.67. The molecule has 1 fully saturated rings. The molecule has 0 saturated carbocycles. The summed E-state index contributed by atoms with van der Waals surface area (Å²) in [6.07, 6.45) is 2.86. The van der Waals surface area contributed by atoms with E-state index in [1.54, 1.807) is 43.1 Å². The second-order valence-electron chi connectivity index (χ2n) is 7.56. The van der Waals surface area contributed by atoms with Crippen LogP contribution in [-0.4, -0.2) is 51.0 Å². The van der Waals surface area contributed by atoms with Gasteiger partial charge in [0, 0.05) is 40.8 Å². The Hall–Kier alpha value is -2.87. The summed E-state index contributed by atoms with van der Waals surface area (Å²) in [5.41, 5.74) is 1.94. The van der Waals surface area contributed by atoms with Gasteiger partial charge in [0.25, 0.3) is 0 Å². The summed E-state index contributed by atoms with van der Waals surface area (Å²) in [5.74, 6) is -2.70. The van der Waals surface area contributed by atoms with Crippen LogP contribution in [0.4, 0.5) is 5.69 Å². The molecule has 0 spiro atoms. The second kappa shape index (κ2) is 8.02. The standard InChI is InChI=1S/C20H25N3O5/c1-11(2)18(24)22-13-5-6-14-15(9-21-16(14)8-13)17(20(27)28)23-7-3-4-12(10-23)19(25)26/h5-6,8-9,11-12,17,21H,3-4,7,10H2,1-2H3,(H,22,24)(H,25,26)(H,27,28). The van der Waals surface area contributed by atoms with Gasteiger partial charge in [-0.3, -0.25) is 19.3 Å². The number of nitrogens with one attached hydrogen (secondary N) is 2. The van der Waals surface area contributed by atoms with Gasteiger partial charge in [-0.05, 0) is 31.5 Å². The van der Waals surface area contributed by atoms with E-state index in [1.165, 1.54) is 0 Å². The number of hydrogen-bond acceptors (Lipinski definition) is 4. The van der Waals surface area contributed by atoms with Gasteiger partial charge in [-0.1, -0.05) is 19.9 Å². The number of carboxylic acid groups (broad SMARTS) is 2. The molecule has 3 rings (SSSR count). The van der Waals surface area contributed by atoms with Crippen LogP contribution in [0.5, 0.6) is 0 Å². The smallest absolute Gasteiger partial charge is 0.325 e. The molecule has 8 nitrogen and oxygen atoms in total. The zero-order valence-corrected chi connectivity index (χ0v) is 15.9. The first-order valence-electron chi connectivity index (χ1n) is 9.39. The number of carbonyl (C=O) groups excluding carboxylic acids is 1. The third-order valence-electron chi connectivity index (χ3n) is 5.20. The highest BCUT2D eigenvalue weighted by atomic mass is 16.4. The Labute approximate surface area is 162 Å². The molecule has 0 aliphatic carbocycles. The van der Waals surface area contributed by atoms with Crippen molar-refractivity contribution in [3.05, 3.63) is 30.0 Å². The lowest BCUT2D eigenvalue weighted by Gasteiger charge is -2.34. The van der Waals surface area contributed by atoms with Crippen molar-refractivity contribution in [1.29, 1.82) is 0 Å². The largest absolute Gasteiger partial charge is 0.481 e. The third kappa shape index (κ3) is 4.01. The summed E-state index contributed by atoms with van der Waals surface area (Å²) in [5, 5.41) is 22.7. The van der Waals surface area contributed by atoms with Crippen molar-refractivity contribution in [1.82, 2.24) is 9.88 Å². The molecule has 2 atom stereocenters. The molecular formula is C20H25N3O5. The van der Waals surface area contributed by atoms with Crippen LogP contribution >= 0.6 is 0 Å². The van der Waals surface area contributed by atoms with Gasteiger partial charge in [0.2, 0.25) is 5.91 Å². The zero-order valence-electron chi connectivity index (χ0n) is 15.9. The van der Waals surface area contributed by atoms with Crippen LogP contribution < -0.4 is 5.32 Å². The number of amides is 1. The van der Waals surface area contributed by atoms with Crippen molar-refractivity contribution in [3.63, 3.8) is 0 Å². The molecule has 150 valence electrons. The quantitative estimate of drug-likeness (QED) is 0.604. The van der Waals surface area contributed by atoms with Crippen molar-refractivity contribution in [2.24, 2.45) is 11.8 Å². The molecule has 1 aliphatic heterocycles. The Balaban J connectivity index is 1.90. The predicted octanol–water partition coefficient (Wildman–Crippen LogP) is 2.68. The average molecular weight is 387 g/mol. The Bertz CT molecular complexity index is 904. The second-order valence-corrected chi connectivity index (χ2v) is 7.56. The maximum atomic E-state index is 12.0. The number of aromatic nitrogens is 1. The number of carbonyl (C=O) groups is 3. The van der Waals surface area contributed by atoms with Crippen LogP contribution in [0.25, 0.3) is 10.9 Å². The van der Waals surface area contributed by atoms with Gasteiger partial charge < -0.3 is 20.5 Å². The first-order chi connectivity index (χ1) is 13.3. The molecule has 8 heteroatoms. The Kier molecular flexibility index (Phi) is 5.69. The summed E-state index contributed by atoms with van der Waals surface area (Å²) < 4.78 is 0. The fourth-order valence-corrected chi connectivity index (χ4v) is 3.67. The molecule has 2 heterocycles. The normalized spacial score (nSPS) is 18.9. The van der Waals surface area contributed by atoms with Gasteiger partial charge in [-0.25, -0.2) is 0 Å². The molecule has 2 aromatic rings. The van der Waals surface area contributed by atoms with Crippen LogP contribution in [0.1, 0.15) is 38.3 Å². The minimum atomic E-state index is -1.01. The number of H-pyrrole nitrogens is 1. The van der Waals surface area contributed by atoms with Gasteiger partial charge in [0.1, 0.15) is 6.04 Å². The average Bonchev–Trinajstić information content (AvgIpc) is 3.04. The summed E-state index contributed by atoms with van der Waals surface area (Å²) in [7, 11) is 0. The number of fused-ring (bicyclic) bond motifs is 1. The molecule has 1 aromatic carbocycles. The van der Waals surface area contributed by atoms with E-state index in [9.17, 15) is 24.6 Å². The number of benzene rings is 1. The number of carboxylic acids is 2. The lowest BCUT2D eigenvalue weighted by atomic mass is 9.94. The SMILES string of the molecule is CC(C)C(=O)Nc1ccc2c(C(C(=O)O)N3CCCC(C(=O)O)C3)c[nH]c2c1. The maximum absolute atomic E-state index is 12.0. The molecule has 1 saturated heterocycles. The first-order valence-corrected chi connectivity index (χ1v) is 9.39. The summed E-state index contributed by atoms with van der Waals surface area (Å²) in [6.45, 7) is 4.36. The number of hydrogen-bond donors (Lipinski definition) is 4. The Morgan fingerprint density at radius 3 is 2.64 bits per heavy atom. The maximum Gasteiger partial charge on any atom is 0.325 e. The van der Waals surface area contributed by atoms with Crippen LogP contribution in [0.2, 0.25) is 0 Å². The van der Waals surface area contributed by atoms with Crippen molar-refractivity contribution in [2.75, 3.05) is 18.4 Å². The molecule has 28 heavy (non-hydrogen) atoms. The van der Waals surface area contributed by atoms with Crippen LogP contribution in [-0.2, 0) is 14.4 Å². The van der Waals surface area contributed by atoms with E-state index in [1.807, 2.05) is 0 Å². The van der Waals surface area contributed by atoms with E-state index in [0.717, 1.165) is 10.9 Å². The third-order valence-corrected chi connectivity index (χ3v) is 5.20.